The van der Waals surface area contributed by atoms with Crippen molar-refractivity contribution in [2.75, 3.05) is 20.0 Å². The zero-order chi connectivity index (χ0) is 8.23. The third-order valence-corrected chi connectivity index (χ3v) is 2.08. The molecule has 0 unspecified atom stereocenters. The van der Waals surface area contributed by atoms with Gasteiger partial charge in [0.1, 0.15) is 6.79 Å². The summed E-state index contributed by atoms with van der Waals surface area (Å²) in [4.78, 5) is 0. The van der Waals surface area contributed by atoms with Gasteiger partial charge in [0.05, 0.1) is 13.2 Å². The van der Waals surface area contributed by atoms with E-state index in [-0.39, 0.29) is 0 Å². The first-order valence-electron chi connectivity index (χ1n) is 4.17. The first-order valence-corrected chi connectivity index (χ1v) is 4.17. The Hall–Kier alpha value is -0.860. The predicted octanol–water partition coefficient (Wildman–Crippen LogP) is 1.77. The average molecular weight is 164 g/mol. The summed E-state index contributed by atoms with van der Waals surface area (Å²) in [6, 6.07) is 10.3. The van der Waals surface area contributed by atoms with E-state index in [0.717, 1.165) is 13.2 Å². The van der Waals surface area contributed by atoms with E-state index in [0.29, 0.717) is 12.7 Å². The van der Waals surface area contributed by atoms with E-state index in [1.54, 1.807) is 0 Å². The molecule has 0 radical (unpaired) electrons. The van der Waals surface area contributed by atoms with Crippen LogP contribution in [-0.2, 0) is 9.47 Å². The van der Waals surface area contributed by atoms with Crippen LogP contribution >= 0.6 is 0 Å². The van der Waals surface area contributed by atoms with Crippen LogP contribution in [0.15, 0.2) is 30.3 Å². The Balaban J connectivity index is 2.08. The van der Waals surface area contributed by atoms with Crippen LogP contribution in [0.25, 0.3) is 0 Å². The molecule has 0 aromatic heterocycles. The van der Waals surface area contributed by atoms with Gasteiger partial charge < -0.3 is 9.47 Å². The van der Waals surface area contributed by atoms with Crippen molar-refractivity contribution in [3.8, 4) is 0 Å². The van der Waals surface area contributed by atoms with E-state index in [4.69, 9.17) is 9.47 Å². The second kappa shape index (κ2) is 3.70. The summed E-state index contributed by atoms with van der Waals surface area (Å²) >= 11 is 0. The fraction of sp³-hybridized carbons (Fsp3) is 0.400. The molecule has 1 aliphatic rings. The number of hydrogen-bond donors (Lipinski definition) is 0. The van der Waals surface area contributed by atoms with Crippen molar-refractivity contribution >= 4 is 0 Å². The molecular weight excluding hydrogens is 152 g/mol. The molecule has 1 aliphatic heterocycles. The van der Waals surface area contributed by atoms with Gasteiger partial charge in [0.15, 0.2) is 0 Å². The topological polar surface area (TPSA) is 18.5 Å². The van der Waals surface area contributed by atoms with Gasteiger partial charge in [-0.15, -0.1) is 0 Å². The second-order valence-electron chi connectivity index (χ2n) is 2.97. The Morgan fingerprint density at radius 2 is 1.67 bits per heavy atom. The minimum atomic E-state index is 0.417. The molecule has 0 amide bonds. The van der Waals surface area contributed by atoms with Gasteiger partial charge in [-0.1, -0.05) is 30.3 Å². The molecular formula is C10H12O2. The molecule has 1 fully saturated rings. The van der Waals surface area contributed by atoms with Gasteiger partial charge in [-0.2, -0.15) is 0 Å². The lowest BCUT2D eigenvalue weighted by Crippen LogP contribution is -2.22. The third-order valence-electron chi connectivity index (χ3n) is 2.08. The average Bonchev–Trinajstić information content (AvgIpc) is 2.21. The highest BCUT2D eigenvalue weighted by Crippen LogP contribution is 2.18. The Bertz CT molecular complexity index is 227. The van der Waals surface area contributed by atoms with Crippen LogP contribution in [0.3, 0.4) is 0 Å². The van der Waals surface area contributed by atoms with Crippen LogP contribution < -0.4 is 0 Å². The standard InChI is InChI=1S/C10H12O2/c1-2-4-9(5-3-1)10-6-11-8-12-7-10/h1-5,10H,6-8H2. The molecule has 0 atom stereocenters. The third kappa shape index (κ3) is 1.65. The predicted molar refractivity (Wildman–Crippen MR) is 46.0 cm³/mol. The van der Waals surface area contributed by atoms with Crippen LogP contribution in [0.1, 0.15) is 11.5 Å². The van der Waals surface area contributed by atoms with Gasteiger partial charge >= 0.3 is 0 Å². The molecule has 2 rings (SSSR count). The fourth-order valence-corrected chi connectivity index (χ4v) is 1.41. The lowest BCUT2D eigenvalue weighted by Gasteiger charge is -2.22. The van der Waals surface area contributed by atoms with Crippen LogP contribution in [0.5, 0.6) is 0 Å². The molecule has 2 heteroatoms. The zero-order valence-corrected chi connectivity index (χ0v) is 6.90. The Kier molecular flexibility index (Phi) is 2.39. The molecule has 0 N–H and O–H groups in total. The van der Waals surface area contributed by atoms with Gasteiger partial charge in [0.2, 0.25) is 0 Å². The number of hydrogen-bond acceptors (Lipinski definition) is 2. The van der Waals surface area contributed by atoms with Crippen molar-refractivity contribution in [2.24, 2.45) is 0 Å². The maximum Gasteiger partial charge on any atom is 0.146 e. The summed E-state index contributed by atoms with van der Waals surface area (Å²) in [6.07, 6.45) is 0. The summed E-state index contributed by atoms with van der Waals surface area (Å²) in [7, 11) is 0. The zero-order valence-electron chi connectivity index (χ0n) is 6.90. The summed E-state index contributed by atoms with van der Waals surface area (Å²) < 4.78 is 10.4. The SMILES string of the molecule is c1ccc(C2COCOC2)cc1. The Morgan fingerprint density at radius 1 is 1.00 bits per heavy atom. The van der Waals surface area contributed by atoms with E-state index in [1.165, 1.54) is 5.56 Å². The molecule has 64 valence electrons. The van der Waals surface area contributed by atoms with E-state index in [2.05, 4.69) is 12.1 Å². The molecule has 0 bridgehead atoms. The minimum Gasteiger partial charge on any atom is -0.355 e. The largest absolute Gasteiger partial charge is 0.355 e. The molecule has 1 aromatic rings. The van der Waals surface area contributed by atoms with Gasteiger partial charge in [0.25, 0.3) is 0 Å². The van der Waals surface area contributed by atoms with Crippen LogP contribution in [0, 0.1) is 0 Å². The molecule has 0 spiro atoms. The molecule has 1 heterocycles. The Morgan fingerprint density at radius 3 is 2.33 bits per heavy atom. The molecule has 2 nitrogen and oxygen atoms in total. The van der Waals surface area contributed by atoms with Gasteiger partial charge in [0, 0.05) is 5.92 Å². The first kappa shape index (κ1) is 7.77. The molecule has 0 saturated carbocycles. The highest BCUT2D eigenvalue weighted by atomic mass is 16.7. The highest BCUT2D eigenvalue weighted by Gasteiger charge is 2.15. The van der Waals surface area contributed by atoms with Crippen LogP contribution in [0.4, 0.5) is 0 Å². The van der Waals surface area contributed by atoms with Gasteiger partial charge in [-0.25, -0.2) is 0 Å². The second-order valence-corrected chi connectivity index (χ2v) is 2.97. The molecule has 1 aromatic carbocycles. The quantitative estimate of drug-likeness (QED) is 0.629. The molecule has 1 saturated heterocycles. The summed E-state index contributed by atoms with van der Waals surface area (Å²) in [5.74, 6) is 0.417. The molecule has 12 heavy (non-hydrogen) atoms. The monoisotopic (exact) mass is 164 g/mol. The van der Waals surface area contributed by atoms with Gasteiger partial charge in [-0.3, -0.25) is 0 Å². The van der Waals surface area contributed by atoms with E-state index < -0.39 is 0 Å². The minimum absolute atomic E-state index is 0.417. The van der Waals surface area contributed by atoms with E-state index in [1.807, 2.05) is 18.2 Å². The van der Waals surface area contributed by atoms with Crippen molar-refractivity contribution in [1.82, 2.24) is 0 Å². The van der Waals surface area contributed by atoms with Crippen molar-refractivity contribution in [3.63, 3.8) is 0 Å². The lowest BCUT2D eigenvalue weighted by atomic mass is 10.0. The van der Waals surface area contributed by atoms with E-state index >= 15 is 0 Å². The van der Waals surface area contributed by atoms with Crippen LogP contribution in [-0.4, -0.2) is 20.0 Å². The number of rotatable bonds is 1. The highest BCUT2D eigenvalue weighted by molar-refractivity contribution is 5.19. The summed E-state index contributed by atoms with van der Waals surface area (Å²) in [5.41, 5.74) is 1.30. The number of ether oxygens (including phenoxy) is 2. The van der Waals surface area contributed by atoms with Crippen molar-refractivity contribution in [1.29, 1.82) is 0 Å². The van der Waals surface area contributed by atoms with Crippen molar-refractivity contribution in [3.05, 3.63) is 35.9 Å². The summed E-state index contributed by atoms with van der Waals surface area (Å²) in [6.45, 7) is 2.01. The first-order chi connectivity index (χ1) is 5.97. The fourth-order valence-electron chi connectivity index (χ4n) is 1.41. The summed E-state index contributed by atoms with van der Waals surface area (Å²) in [5, 5.41) is 0. The van der Waals surface area contributed by atoms with Crippen molar-refractivity contribution < 1.29 is 9.47 Å². The normalized spacial score (nSPS) is 19.3. The Labute approximate surface area is 72.1 Å². The van der Waals surface area contributed by atoms with Crippen molar-refractivity contribution in [2.45, 2.75) is 5.92 Å². The van der Waals surface area contributed by atoms with Gasteiger partial charge in [-0.05, 0) is 5.56 Å². The van der Waals surface area contributed by atoms with E-state index in [9.17, 15) is 0 Å². The lowest BCUT2D eigenvalue weighted by molar-refractivity contribution is -0.108. The smallest absolute Gasteiger partial charge is 0.146 e. The molecule has 0 aliphatic carbocycles. The maximum absolute atomic E-state index is 5.21. The van der Waals surface area contributed by atoms with Crippen LogP contribution in [0.2, 0.25) is 0 Å². The maximum atomic E-state index is 5.21. The number of benzene rings is 1.